The van der Waals surface area contributed by atoms with Gasteiger partial charge >= 0.3 is 12.0 Å². The number of hydrogen-bond acceptors (Lipinski definition) is 2. The van der Waals surface area contributed by atoms with Crippen LogP contribution in [-0.2, 0) is 10.2 Å². The number of carboxylic acid groups (broad SMARTS) is 1. The average molecular weight is 509 g/mol. The number of hydrogen-bond donors (Lipinski definition) is 1. The Balaban J connectivity index is 2.68. The van der Waals surface area contributed by atoms with Gasteiger partial charge in [-0.15, -0.1) is 12.3 Å². The van der Waals surface area contributed by atoms with E-state index in [0.717, 1.165) is 24.8 Å². The maximum atomic E-state index is 14.5. The minimum atomic E-state index is -1.42. The average Bonchev–Trinajstić information content (AvgIpc) is 3.33. The van der Waals surface area contributed by atoms with E-state index >= 15 is 0 Å². The number of carbonyl (C=O) groups is 2. The first-order valence-corrected chi connectivity index (χ1v) is 13.1. The van der Waals surface area contributed by atoms with Crippen molar-refractivity contribution in [2.45, 2.75) is 90.6 Å². The highest BCUT2D eigenvalue weighted by molar-refractivity contribution is 6.00. The van der Waals surface area contributed by atoms with Gasteiger partial charge in [-0.1, -0.05) is 64.5 Å². The molecule has 2 rings (SSSR count). The summed E-state index contributed by atoms with van der Waals surface area (Å²) in [6.45, 7) is 10.3. The van der Waals surface area contributed by atoms with E-state index in [-0.39, 0.29) is 17.0 Å². The Labute approximate surface area is 221 Å². The lowest BCUT2D eigenvalue weighted by Gasteiger charge is -2.36. The fraction of sp³-hybridized carbons (Fsp3) is 0.484. The fourth-order valence-electron chi connectivity index (χ4n) is 4.52. The first kappa shape index (κ1) is 29.9. The number of allylic oxidation sites excluding steroid dienone is 4. The molecule has 1 aliphatic rings. The van der Waals surface area contributed by atoms with E-state index in [1.807, 2.05) is 25.1 Å². The largest absolute Gasteiger partial charge is 0.479 e. The molecule has 200 valence electrons. The second-order valence-electron chi connectivity index (χ2n) is 10.4. The summed E-state index contributed by atoms with van der Waals surface area (Å²) in [5.74, 6) is 0.843. The van der Waals surface area contributed by atoms with E-state index in [1.54, 1.807) is 30.0 Å². The molecule has 0 radical (unpaired) electrons. The highest BCUT2D eigenvalue weighted by atomic mass is 19.1. The van der Waals surface area contributed by atoms with Gasteiger partial charge in [-0.25, -0.2) is 14.0 Å². The molecular weight excluding hydrogens is 467 g/mol. The Morgan fingerprint density at radius 3 is 2.51 bits per heavy atom. The lowest BCUT2D eigenvalue weighted by atomic mass is 9.87. The molecule has 1 aromatic rings. The van der Waals surface area contributed by atoms with Crippen molar-refractivity contribution in [3.63, 3.8) is 0 Å². The Bertz CT molecular complexity index is 1060. The number of nitrogens with zero attached hydrogens (tertiary/aromatic N) is 2. The van der Waals surface area contributed by atoms with Crippen molar-refractivity contribution < 1.29 is 19.1 Å². The molecule has 1 saturated heterocycles. The van der Waals surface area contributed by atoms with Crippen LogP contribution in [0.15, 0.2) is 60.0 Å². The Morgan fingerprint density at radius 2 is 1.97 bits per heavy atom. The van der Waals surface area contributed by atoms with Crippen LogP contribution < -0.4 is 4.90 Å². The second kappa shape index (κ2) is 13.8. The molecule has 1 heterocycles. The zero-order valence-corrected chi connectivity index (χ0v) is 22.8. The van der Waals surface area contributed by atoms with Crippen LogP contribution in [0.25, 0.3) is 0 Å². The number of anilines is 1. The van der Waals surface area contributed by atoms with E-state index < -0.39 is 23.9 Å². The summed E-state index contributed by atoms with van der Waals surface area (Å²) in [7, 11) is 0. The van der Waals surface area contributed by atoms with E-state index in [0.29, 0.717) is 31.5 Å². The molecule has 2 atom stereocenters. The number of unbranched alkanes of at least 4 members (excludes halogenated alkanes) is 1. The third kappa shape index (κ3) is 8.08. The van der Waals surface area contributed by atoms with Crippen molar-refractivity contribution >= 4 is 17.7 Å². The smallest absolute Gasteiger partial charge is 0.331 e. The number of terminal acetylenes is 1. The summed E-state index contributed by atoms with van der Waals surface area (Å²) < 4.78 is 14.5. The summed E-state index contributed by atoms with van der Waals surface area (Å²) in [6, 6.07) is 5.49. The van der Waals surface area contributed by atoms with Gasteiger partial charge in [0.1, 0.15) is 5.83 Å². The van der Waals surface area contributed by atoms with Gasteiger partial charge < -0.3 is 10.0 Å². The van der Waals surface area contributed by atoms with Gasteiger partial charge in [0.15, 0.2) is 6.04 Å². The maximum absolute atomic E-state index is 14.5. The highest BCUT2D eigenvalue weighted by Gasteiger charge is 2.39. The van der Waals surface area contributed by atoms with Crippen LogP contribution in [0.1, 0.15) is 78.7 Å². The molecule has 1 N–H and O–H groups in total. The number of likely N-dealkylation sites (tertiary alicyclic amines) is 1. The van der Waals surface area contributed by atoms with Crippen molar-refractivity contribution in [1.82, 2.24) is 4.90 Å². The summed E-state index contributed by atoms with van der Waals surface area (Å²) in [5.41, 5.74) is 1.59. The normalized spacial score (nSPS) is 17.6. The number of halogens is 1. The summed E-state index contributed by atoms with van der Waals surface area (Å²) in [5, 5.41) is 10.4. The van der Waals surface area contributed by atoms with Crippen LogP contribution in [0, 0.1) is 12.3 Å². The van der Waals surface area contributed by atoms with E-state index in [2.05, 4.69) is 26.7 Å². The molecule has 1 aliphatic heterocycles. The molecule has 1 aromatic carbocycles. The van der Waals surface area contributed by atoms with Gasteiger partial charge in [0, 0.05) is 24.7 Å². The summed E-state index contributed by atoms with van der Waals surface area (Å²) in [4.78, 5) is 29.9. The quantitative estimate of drug-likeness (QED) is 0.265. The van der Waals surface area contributed by atoms with Crippen LogP contribution in [0.2, 0.25) is 0 Å². The van der Waals surface area contributed by atoms with Gasteiger partial charge in [-0.05, 0) is 67.4 Å². The van der Waals surface area contributed by atoms with Gasteiger partial charge in [0.25, 0.3) is 0 Å². The van der Waals surface area contributed by atoms with Crippen LogP contribution in [0.4, 0.5) is 14.9 Å². The number of amides is 2. The van der Waals surface area contributed by atoms with Crippen molar-refractivity contribution in [3.8, 4) is 12.3 Å². The van der Waals surface area contributed by atoms with Gasteiger partial charge in [0.05, 0.1) is 0 Å². The molecule has 37 heavy (non-hydrogen) atoms. The highest BCUT2D eigenvalue weighted by Crippen LogP contribution is 2.31. The Hall–Kier alpha value is -3.33. The van der Waals surface area contributed by atoms with E-state index in [9.17, 15) is 19.1 Å². The van der Waals surface area contributed by atoms with Crippen molar-refractivity contribution in [2.75, 3.05) is 11.4 Å². The van der Waals surface area contributed by atoms with E-state index in [4.69, 9.17) is 6.42 Å². The minimum absolute atomic E-state index is 0.0651. The predicted octanol–water partition coefficient (Wildman–Crippen LogP) is 7.40. The van der Waals surface area contributed by atoms with Crippen molar-refractivity contribution in [1.29, 1.82) is 0 Å². The molecule has 1 fully saturated rings. The SMILES string of the molecule is C#CCCC1CCCN1C(=O)N(c1ccc(C(C)(C)C)cc1)C(C(=O)O)/C(C=CCCC)=C/C(F)=C\C. The zero-order chi connectivity index (χ0) is 27.6. The third-order valence-corrected chi connectivity index (χ3v) is 6.62. The number of urea groups is 1. The first-order chi connectivity index (χ1) is 17.5. The molecule has 0 saturated carbocycles. The number of carbonyl (C=O) groups excluding carboxylic acids is 1. The van der Waals surface area contributed by atoms with Crippen molar-refractivity contribution in [2.24, 2.45) is 0 Å². The topological polar surface area (TPSA) is 60.9 Å². The van der Waals surface area contributed by atoms with Crippen LogP contribution in [0.3, 0.4) is 0 Å². The lowest BCUT2D eigenvalue weighted by Crippen LogP contribution is -2.53. The zero-order valence-electron chi connectivity index (χ0n) is 22.8. The molecule has 0 bridgehead atoms. The fourth-order valence-corrected chi connectivity index (χ4v) is 4.52. The molecule has 2 unspecified atom stereocenters. The predicted molar refractivity (Wildman–Crippen MR) is 149 cm³/mol. The van der Waals surface area contributed by atoms with Crippen LogP contribution >= 0.6 is 0 Å². The standard InChI is InChI=1S/C31H41FN2O3/c1-7-10-12-14-23(22-25(32)9-3)28(29(35)36)34(27-19-17-24(18-20-27)31(4,5)6)30(37)33-21-13-16-26(33)15-11-8-2/h2,9,12,14,17-20,22,26,28H,7,10-11,13,15-16,21H2,1,3-6H3,(H,35,36)/b14-12?,23-22+,25-9+. The van der Waals surface area contributed by atoms with Crippen LogP contribution in [-0.4, -0.2) is 40.6 Å². The first-order valence-electron chi connectivity index (χ1n) is 13.1. The molecule has 0 aromatic heterocycles. The second-order valence-corrected chi connectivity index (χ2v) is 10.4. The summed E-state index contributed by atoms with van der Waals surface area (Å²) >= 11 is 0. The monoisotopic (exact) mass is 508 g/mol. The Kier molecular flexibility index (Phi) is 11.2. The van der Waals surface area contributed by atoms with Gasteiger partial charge in [-0.3, -0.25) is 4.90 Å². The lowest BCUT2D eigenvalue weighted by molar-refractivity contribution is -0.137. The number of aliphatic carboxylic acids is 1. The molecule has 2 amide bonds. The summed E-state index contributed by atoms with van der Waals surface area (Å²) in [6.07, 6.45) is 15.8. The molecule has 5 nitrogen and oxygen atoms in total. The number of benzene rings is 1. The van der Waals surface area contributed by atoms with Gasteiger partial charge in [0.2, 0.25) is 0 Å². The van der Waals surface area contributed by atoms with Gasteiger partial charge in [-0.2, -0.15) is 0 Å². The number of carboxylic acids is 1. The molecule has 0 spiro atoms. The van der Waals surface area contributed by atoms with Crippen molar-refractivity contribution in [3.05, 3.63) is 65.5 Å². The minimum Gasteiger partial charge on any atom is -0.479 e. The molecule has 0 aliphatic carbocycles. The Morgan fingerprint density at radius 1 is 1.30 bits per heavy atom. The third-order valence-electron chi connectivity index (χ3n) is 6.62. The number of rotatable bonds is 10. The maximum Gasteiger partial charge on any atom is 0.331 e. The molecular formula is C31H41FN2O3. The molecule has 6 heteroatoms. The van der Waals surface area contributed by atoms with Crippen LogP contribution in [0.5, 0.6) is 0 Å². The van der Waals surface area contributed by atoms with E-state index in [1.165, 1.54) is 17.1 Å².